The third-order valence-electron chi connectivity index (χ3n) is 3.49. The first kappa shape index (κ1) is 17.2. The molecule has 1 aromatic carbocycles. The highest BCUT2D eigenvalue weighted by Gasteiger charge is 2.21. The van der Waals surface area contributed by atoms with E-state index >= 15 is 0 Å². The number of nitrogens with one attached hydrogen (secondary N) is 1. The van der Waals surface area contributed by atoms with Crippen LogP contribution in [0.1, 0.15) is 46.6 Å². The molecule has 0 aliphatic carbocycles. The monoisotopic (exact) mass is 297 g/mol. The van der Waals surface area contributed by atoms with Gasteiger partial charge in [-0.2, -0.15) is 0 Å². The van der Waals surface area contributed by atoms with Crippen molar-refractivity contribution in [3.05, 3.63) is 29.8 Å². The first-order chi connectivity index (χ1) is 9.20. The lowest BCUT2D eigenvalue weighted by Gasteiger charge is -2.20. The maximum absolute atomic E-state index is 12.4. The summed E-state index contributed by atoms with van der Waals surface area (Å²) < 4.78 is 24.8. The highest BCUT2D eigenvalue weighted by molar-refractivity contribution is 7.91. The zero-order valence-corrected chi connectivity index (χ0v) is 14.0. The fourth-order valence-electron chi connectivity index (χ4n) is 2.13. The maximum atomic E-state index is 12.4. The van der Waals surface area contributed by atoms with Gasteiger partial charge in [0.25, 0.3) is 0 Å². The molecule has 1 rings (SSSR count). The van der Waals surface area contributed by atoms with Crippen LogP contribution >= 0.6 is 0 Å². The van der Waals surface area contributed by atoms with E-state index in [-0.39, 0.29) is 17.2 Å². The molecule has 0 spiro atoms. The third kappa shape index (κ3) is 4.60. The lowest BCUT2D eigenvalue weighted by atomic mass is 9.87. The lowest BCUT2D eigenvalue weighted by Crippen LogP contribution is -2.35. The van der Waals surface area contributed by atoms with Crippen LogP contribution in [0.2, 0.25) is 0 Å². The van der Waals surface area contributed by atoms with E-state index < -0.39 is 9.84 Å². The molecule has 0 saturated carbocycles. The summed E-state index contributed by atoms with van der Waals surface area (Å²) in [5, 5.41) is 3.21. The highest BCUT2D eigenvalue weighted by Crippen LogP contribution is 2.24. The van der Waals surface area contributed by atoms with E-state index in [0.717, 1.165) is 18.5 Å². The fraction of sp³-hybridized carbons (Fsp3) is 0.625. The van der Waals surface area contributed by atoms with E-state index in [1.807, 2.05) is 26.0 Å². The Morgan fingerprint density at radius 3 is 2.05 bits per heavy atom. The average Bonchev–Trinajstić information content (AvgIpc) is 2.37. The van der Waals surface area contributed by atoms with Gasteiger partial charge in [-0.05, 0) is 36.1 Å². The Morgan fingerprint density at radius 2 is 1.65 bits per heavy atom. The summed E-state index contributed by atoms with van der Waals surface area (Å²) in [6, 6.07) is 7.32. The molecule has 0 saturated heterocycles. The Kier molecular flexibility index (Phi) is 5.78. The quantitative estimate of drug-likeness (QED) is 0.877. The molecule has 0 amide bonds. The van der Waals surface area contributed by atoms with Crippen LogP contribution in [0.5, 0.6) is 0 Å². The van der Waals surface area contributed by atoms with Crippen molar-refractivity contribution in [1.29, 1.82) is 0 Å². The molecule has 3 nitrogen and oxygen atoms in total. The number of hydrogen-bond donors (Lipinski definition) is 1. The molecular weight excluding hydrogens is 270 g/mol. The van der Waals surface area contributed by atoms with Gasteiger partial charge in [-0.3, -0.25) is 0 Å². The molecule has 20 heavy (non-hydrogen) atoms. The molecule has 0 aliphatic rings. The summed E-state index contributed by atoms with van der Waals surface area (Å²) in [7, 11) is -3.22. The minimum absolute atomic E-state index is 0.0206. The fourth-order valence-corrected chi connectivity index (χ4v) is 3.76. The normalized spacial score (nSPS) is 14.2. The van der Waals surface area contributed by atoms with Gasteiger partial charge < -0.3 is 5.32 Å². The van der Waals surface area contributed by atoms with Crippen molar-refractivity contribution in [2.45, 2.75) is 57.4 Å². The van der Waals surface area contributed by atoms with E-state index in [0.29, 0.717) is 4.90 Å². The molecule has 114 valence electrons. The van der Waals surface area contributed by atoms with E-state index in [1.54, 1.807) is 12.1 Å². The number of rotatable bonds is 6. The predicted octanol–water partition coefficient (Wildman–Crippen LogP) is 3.15. The van der Waals surface area contributed by atoms with Gasteiger partial charge in [0.05, 0.1) is 10.6 Å². The van der Waals surface area contributed by atoms with E-state index in [4.69, 9.17) is 0 Å². The minimum atomic E-state index is -3.22. The second-order valence-electron chi connectivity index (χ2n) is 6.22. The largest absolute Gasteiger partial charge is 0.313 e. The van der Waals surface area contributed by atoms with Crippen LogP contribution in [0.4, 0.5) is 0 Å². The lowest BCUT2D eigenvalue weighted by molar-refractivity contribution is 0.533. The van der Waals surface area contributed by atoms with Crippen LogP contribution in [-0.2, 0) is 15.3 Å². The van der Waals surface area contributed by atoms with Crippen LogP contribution in [0, 0.1) is 0 Å². The van der Waals surface area contributed by atoms with Gasteiger partial charge >= 0.3 is 0 Å². The van der Waals surface area contributed by atoms with Crippen molar-refractivity contribution in [1.82, 2.24) is 5.32 Å². The number of hydrogen-bond acceptors (Lipinski definition) is 3. The molecule has 1 unspecified atom stereocenters. The molecule has 0 aliphatic heterocycles. The molecule has 0 radical (unpaired) electrons. The van der Waals surface area contributed by atoms with Crippen LogP contribution in [0.3, 0.4) is 0 Å². The first-order valence-electron chi connectivity index (χ1n) is 7.27. The Labute approximate surface area is 123 Å². The van der Waals surface area contributed by atoms with Crippen LogP contribution < -0.4 is 5.32 Å². The average molecular weight is 297 g/mol. The molecule has 0 fully saturated rings. The molecule has 0 heterocycles. The maximum Gasteiger partial charge on any atom is 0.179 e. The zero-order chi connectivity index (χ0) is 15.4. The molecule has 4 heteroatoms. The molecule has 0 bridgehead atoms. The zero-order valence-electron chi connectivity index (χ0n) is 13.2. The number of sulfone groups is 1. The van der Waals surface area contributed by atoms with Gasteiger partial charge in [-0.25, -0.2) is 8.42 Å². The number of benzene rings is 1. The Bertz CT molecular complexity index is 512. The van der Waals surface area contributed by atoms with Crippen LogP contribution in [0.15, 0.2) is 29.2 Å². The molecule has 1 aromatic rings. The first-order valence-corrected chi connectivity index (χ1v) is 8.92. The topological polar surface area (TPSA) is 46.2 Å². The van der Waals surface area contributed by atoms with Crippen molar-refractivity contribution < 1.29 is 8.42 Å². The van der Waals surface area contributed by atoms with Crippen molar-refractivity contribution >= 4 is 9.84 Å². The Hall–Kier alpha value is -0.870. The van der Waals surface area contributed by atoms with Crippen molar-refractivity contribution in [3.8, 4) is 0 Å². The van der Waals surface area contributed by atoms with E-state index in [1.165, 1.54) is 0 Å². The highest BCUT2D eigenvalue weighted by atomic mass is 32.2. The second kappa shape index (κ2) is 6.72. The summed E-state index contributed by atoms with van der Waals surface area (Å²) in [5.41, 5.74) is 1.19. The summed E-state index contributed by atoms with van der Waals surface area (Å²) in [6.07, 6.45) is 0.813. The second-order valence-corrected chi connectivity index (χ2v) is 8.25. The van der Waals surface area contributed by atoms with E-state index in [9.17, 15) is 8.42 Å². The SMILES string of the molecule is CCNC(CC)CS(=O)(=O)c1ccc(C(C)(C)C)cc1. The third-order valence-corrected chi connectivity index (χ3v) is 5.32. The standard InChI is InChI=1S/C16H27NO2S/c1-6-14(17-7-2)12-20(18,19)15-10-8-13(9-11-15)16(3,4)5/h8-11,14,17H,6-7,12H2,1-5H3. The molecule has 0 aromatic heterocycles. The summed E-state index contributed by atoms with van der Waals surface area (Å²) in [6.45, 7) is 11.1. The summed E-state index contributed by atoms with van der Waals surface area (Å²) in [5.74, 6) is 0.159. The van der Waals surface area contributed by atoms with Gasteiger partial charge in [0, 0.05) is 6.04 Å². The van der Waals surface area contributed by atoms with Crippen LogP contribution in [0.25, 0.3) is 0 Å². The van der Waals surface area contributed by atoms with Crippen LogP contribution in [-0.4, -0.2) is 26.8 Å². The van der Waals surface area contributed by atoms with Gasteiger partial charge in [0.1, 0.15) is 0 Å². The van der Waals surface area contributed by atoms with Gasteiger partial charge in [0.15, 0.2) is 9.84 Å². The molecule has 1 atom stereocenters. The van der Waals surface area contributed by atoms with Crippen molar-refractivity contribution in [2.24, 2.45) is 0 Å². The smallest absolute Gasteiger partial charge is 0.179 e. The van der Waals surface area contributed by atoms with Gasteiger partial charge in [-0.1, -0.05) is 46.8 Å². The van der Waals surface area contributed by atoms with Crippen molar-refractivity contribution in [3.63, 3.8) is 0 Å². The minimum Gasteiger partial charge on any atom is -0.313 e. The van der Waals surface area contributed by atoms with E-state index in [2.05, 4.69) is 26.1 Å². The van der Waals surface area contributed by atoms with Gasteiger partial charge in [0.2, 0.25) is 0 Å². The van der Waals surface area contributed by atoms with Crippen molar-refractivity contribution in [2.75, 3.05) is 12.3 Å². The Balaban J connectivity index is 2.93. The predicted molar refractivity (Wildman–Crippen MR) is 85.0 cm³/mol. The summed E-state index contributed by atoms with van der Waals surface area (Å²) in [4.78, 5) is 0.418. The molecular formula is C16H27NO2S. The molecule has 1 N–H and O–H groups in total. The Morgan fingerprint density at radius 1 is 1.10 bits per heavy atom. The summed E-state index contributed by atoms with van der Waals surface area (Å²) >= 11 is 0. The van der Waals surface area contributed by atoms with Gasteiger partial charge in [-0.15, -0.1) is 0 Å².